The number of aliphatic imine (C=N–C) groups is 1. The fraction of sp³-hybridized carbons (Fsp3) is 0.909. The lowest BCUT2D eigenvalue weighted by atomic mass is 9.56. The predicted molar refractivity (Wildman–Crippen MR) is 115 cm³/mol. The van der Waals surface area contributed by atoms with Gasteiger partial charge in [-0.15, -0.1) is 0 Å². The van der Waals surface area contributed by atoms with E-state index < -0.39 is 5.60 Å². The average Bonchev–Trinajstić information content (AvgIpc) is 2.90. The van der Waals surface area contributed by atoms with Gasteiger partial charge in [0.05, 0.1) is 5.60 Å². The predicted octanol–water partition coefficient (Wildman–Crippen LogP) is 3.29. The summed E-state index contributed by atoms with van der Waals surface area (Å²) in [6, 6.07) is 1.12. The summed E-state index contributed by atoms with van der Waals surface area (Å²) in [6.07, 6.45) is 4.76. The van der Waals surface area contributed by atoms with Crippen LogP contribution >= 0.6 is 0 Å². The summed E-state index contributed by atoms with van der Waals surface area (Å²) in [5.41, 5.74) is -0.538. The van der Waals surface area contributed by atoms with Crippen molar-refractivity contribution in [2.45, 2.75) is 109 Å². The van der Waals surface area contributed by atoms with Gasteiger partial charge in [0.1, 0.15) is 5.60 Å². The number of carbonyl (C=O) groups excluding carboxylic acids is 1. The van der Waals surface area contributed by atoms with Gasteiger partial charge >= 0.3 is 6.09 Å². The number of rotatable bonds is 3. The summed E-state index contributed by atoms with van der Waals surface area (Å²) in [5.74, 6) is 0.844. The molecule has 0 aromatic rings. The number of nitrogens with one attached hydrogen (secondary N) is 2. The van der Waals surface area contributed by atoms with Crippen molar-refractivity contribution in [3.8, 4) is 0 Å². The Morgan fingerprint density at radius 2 is 1.69 bits per heavy atom. The van der Waals surface area contributed by atoms with Gasteiger partial charge in [0.2, 0.25) is 0 Å². The Hall–Kier alpha value is -1.50. The van der Waals surface area contributed by atoms with Crippen molar-refractivity contribution in [3.63, 3.8) is 0 Å². The van der Waals surface area contributed by atoms with Crippen LogP contribution < -0.4 is 10.6 Å². The molecular weight excluding hydrogens is 368 g/mol. The number of methoxy groups -OCH3 is 1. The highest BCUT2D eigenvalue weighted by atomic mass is 16.6. The van der Waals surface area contributed by atoms with Crippen molar-refractivity contribution >= 4 is 12.1 Å². The van der Waals surface area contributed by atoms with Crippen LogP contribution in [0.15, 0.2) is 4.99 Å². The number of amides is 1. The number of guanidine groups is 1. The van der Waals surface area contributed by atoms with Crippen molar-refractivity contribution in [2.75, 3.05) is 14.2 Å². The minimum atomic E-state index is -0.455. The van der Waals surface area contributed by atoms with Crippen molar-refractivity contribution in [2.24, 2.45) is 10.4 Å². The molecule has 1 amide bonds. The van der Waals surface area contributed by atoms with Crippen LogP contribution in [0, 0.1) is 5.41 Å². The minimum absolute atomic E-state index is 0.0263. The fourth-order valence-corrected chi connectivity index (χ4v) is 5.16. The molecule has 0 aromatic carbocycles. The molecule has 2 heterocycles. The smallest absolute Gasteiger partial charge is 0.410 e. The highest BCUT2D eigenvalue weighted by Crippen LogP contribution is 2.51. The molecule has 0 aromatic heterocycles. The summed E-state index contributed by atoms with van der Waals surface area (Å²) in [6.45, 7) is 12.4. The highest BCUT2D eigenvalue weighted by Gasteiger charge is 2.58. The molecule has 7 heteroatoms. The number of fused-ring (bicyclic) bond motifs is 2. The first-order chi connectivity index (χ1) is 13.4. The number of hydrogen-bond donors (Lipinski definition) is 2. The monoisotopic (exact) mass is 408 g/mol. The fourth-order valence-electron chi connectivity index (χ4n) is 5.16. The number of piperidine rings is 1. The van der Waals surface area contributed by atoms with E-state index in [0.29, 0.717) is 12.1 Å². The van der Waals surface area contributed by atoms with Crippen LogP contribution in [0.3, 0.4) is 0 Å². The molecule has 3 aliphatic rings. The van der Waals surface area contributed by atoms with Gasteiger partial charge < -0.3 is 25.0 Å². The minimum Gasteiger partial charge on any atom is -0.444 e. The van der Waals surface area contributed by atoms with E-state index in [0.717, 1.165) is 38.1 Å². The van der Waals surface area contributed by atoms with Crippen molar-refractivity contribution < 1.29 is 14.3 Å². The molecule has 166 valence electrons. The third-order valence-electron chi connectivity index (χ3n) is 7.49. The van der Waals surface area contributed by atoms with Gasteiger partial charge in [-0.2, -0.15) is 0 Å². The Kier molecular flexibility index (Phi) is 5.84. The highest BCUT2D eigenvalue weighted by molar-refractivity contribution is 5.80. The van der Waals surface area contributed by atoms with Gasteiger partial charge in [-0.25, -0.2) is 4.79 Å². The molecule has 2 saturated heterocycles. The molecule has 1 aliphatic carbocycles. The van der Waals surface area contributed by atoms with E-state index in [1.54, 1.807) is 7.11 Å². The van der Waals surface area contributed by atoms with E-state index in [2.05, 4.69) is 36.4 Å². The Morgan fingerprint density at radius 1 is 1.10 bits per heavy atom. The van der Waals surface area contributed by atoms with Crippen LogP contribution in [-0.2, 0) is 9.47 Å². The molecule has 2 N–H and O–H groups in total. The quantitative estimate of drug-likeness (QED) is 0.554. The molecule has 2 aliphatic heterocycles. The lowest BCUT2D eigenvalue weighted by Gasteiger charge is -2.59. The maximum atomic E-state index is 12.6. The Bertz CT molecular complexity index is 643. The molecule has 4 atom stereocenters. The lowest BCUT2D eigenvalue weighted by Crippen LogP contribution is -2.70. The lowest BCUT2D eigenvalue weighted by molar-refractivity contribution is -0.176. The molecular formula is C22H40N4O3. The van der Waals surface area contributed by atoms with E-state index in [9.17, 15) is 4.79 Å². The summed E-state index contributed by atoms with van der Waals surface area (Å²) in [7, 11) is 3.61. The first-order valence-electron chi connectivity index (χ1n) is 11.0. The molecule has 29 heavy (non-hydrogen) atoms. The maximum Gasteiger partial charge on any atom is 0.410 e. The van der Waals surface area contributed by atoms with Crippen molar-refractivity contribution in [1.29, 1.82) is 0 Å². The third-order valence-corrected chi connectivity index (χ3v) is 7.49. The van der Waals surface area contributed by atoms with Gasteiger partial charge in [-0.3, -0.25) is 4.99 Å². The zero-order chi connectivity index (χ0) is 21.6. The zero-order valence-corrected chi connectivity index (χ0v) is 19.5. The average molecular weight is 409 g/mol. The van der Waals surface area contributed by atoms with Crippen LogP contribution in [0.4, 0.5) is 4.79 Å². The summed E-state index contributed by atoms with van der Waals surface area (Å²) >= 11 is 0. The normalized spacial score (nSPS) is 36.4. The molecule has 0 radical (unpaired) electrons. The van der Waals surface area contributed by atoms with Crippen molar-refractivity contribution in [3.05, 3.63) is 0 Å². The first kappa shape index (κ1) is 22.2. The molecule has 4 unspecified atom stereocenters. The Labute approximate surface area is 176 Å². The Morgan fingerprint density at radius 3 is 2.14 bits per heavy atom. The van der Waals surface area contributed by atoms with Crippen LogP contribution in [0.1, 0.15) is 73.6 Å². The van der Waals surface area contributed by atoms with Crippen LogP contribution in [0.25, 0.3) is 0 Å². The maximum absolute atomic E-state index is 12.6. The SMILES string of the molecule is CN=C(NC1CC2CCC(C1)N2C(=O)OC(C)(C)C)NC1CC(C)(OC)C1(C)C. The number of hydrogen-bond acceptors (Lipinski definition) is 4. The molecule has 1 saturated carbocycles. The van der Waals surface area contributed by atoms with Gasteiger partial charge in [-0.1, -0.05) is 13.8 Å². The summed E-state index contributed by atoms with van der Waals surface area (Å²) in [4.78, 5) is 19.1. The molecule has 3 fully saturated rings. The third kappa shape index (κ3) is 4.21. The first-order valence-corrected chi connectivity index (χ1v) is 11.0. The second-order valence-electron chi connectivity index (χ2n) is 10.7. The van der Waals surface area contributed by atoms with Crippen LogP contribution in [0.2, 0.25) is 0 Å². The largest absolute Gasteiger partial charge is 0.444 e. The van der Waals surface area contributed by atoms with E-state index >= 15 is 0 Å². The van der Waals surface area contributed by atoms with Gasteiger partial charge in [0.15, 0.2) is 5.96 Å². The summed E-state index contributed by atoms with van der Waals surface area (Å²) < 4.78 is 11.4. The van der Waals surface area contributed by atoms with Crippen LogP contribution in [-0.4, -0.2) is 66.5 Å². The Balaban J connectivity index is 1.56. The zero-order valence-electron chi connectivity index (χ0n) is 19.5. The van der Waals surface area contributed by atoms with E-state index in [1.165, 1.54) is 0 Å². The standard InChI is InChI=1S/C22H40N4O3/c1-20(2,3)29-19(27)26-15-9-10-16(26)12-14(11-15)24-18(23-7)25-17-13-22(6,28-8)21(17,4)5/h14-17H,9-13H2,1-8H3,(H2,23,24,25). The van der Waals surface area contributed by atoms with E-state index in [-0.39, 0.29) is 29.2 Å². The molecule has 7 nitrogen and oxygen atoms in total. The molecule has 0 spiro atoms. The topological polar surface area (TPSA) is 75.2 Å². The number of ether oxygens (including phenoxy) is 2. The van der Waals surface area contributed by atoms with E-state index in [1.807, 2.05) is 32.7 Å². The number of carbonyl (C=O) groups is 1. The molecule has 2 bridgehead atoms. The van der Waals surface area contributed by atoms with Crippen LogP contribution in [0.5, 0.6) is 0 Å². The molecule has 3 rings (SSSR count). The van der Waals surface area contributed by atoms with Crippen molar-refractivity contribution in [1.82, 2.24) is 15.5 Å². The second-order valence-corrected chi connectivity index (χ2v) is 10.7. The summed E-state index contributed by atoms with van der Waals surface area (Å²) in [5, 5.41) is 7.21. The van der Waals surface area contributed by atoms with E-state index in [4.69, 9.17) is 9.47 Å². The van der Waals surface area contributed by atoms with Gasteiger partial charge in [-0.05, 0) is 59.8 Å². The van der Waals surface area contributed by atoms with Gasteiger partial charge in [0.25, 0.3) is 0 Å². The second kappa shape index (κ2) is 7.64. The number of nitrogens with zero attached hydrogens (tertiary/aromatic N) is 2. The van der Waals surface area contributed by atoms with Gasteiger partial charge in [0, 0.05) is 43.7 Å².